The molecule has 0 amide bonds. The smallest absolute Gasteiger partial charge is 0.384 e. The van der Waals surface area contributed by atoms with E-state index in [-0.39, 0.29) is 0 Å². The summed E-state index contributed by atoms with van der Waals surface area (Å²) in [7, 11) is -17.9. The Morgan fingerprint density at radius 3 is 2.19 bits per heavy atom. The molecule has 32 heavy (non-hydrogen) atoms. The lowest BCUT2D eigenvalue weighted by Gasteiger charge is -2.33. The lowest BCUT2D eigenvalue weighted by molar-refractivity contribution is -0.304. The van der Waals surface area contributed by atoms with Gasteiger partial charge in [-0.05, 0) is 12.2 Å². The normalized spacial score (nSPS) is 30.6. The van der Waals surface area contributed by atoms with Gasteiger partial charge in [0.15, 0.2) is 11.0 Å². The van der Waals surface area contributed by atoms with Crippen molar-refractivity contribution in [3.8, 4) is 0 Å². The Kier molecular flexibility index (Phi) is 7.50. The van der Waals surface area contributed by atoms with E-state index in [1.165, 1.54) is 0 Å². The standard InChI is InChI=1S/C9H12F3N2O14P3S/c10-9(11,12)8(17)4(16)5(25-6(8)14-2-1-3(15)13-7(14)32)26-30(21,22)28-31(23,24)27-29(18,19)20/h1-2,4-6,16-17H,(H,21,22)(H,23,24)(H,13,15,32)(H2,18,19,20)/t4-,5+,6+,8?/m0/s1. The van der Waals surface area contributed by atoms with Gasteiger partial charge < -0.3 is 34.5 Å². The van der Waals surface area contributed by atoms with Crippen LogP contribution in [-0.2, 0) is 31.6 Å². The van der Waals surface area contributed by atoms with Crippen molar-refractivity contribution in [3.05, 3.63) is 27.4 Å². The predicted molar refractivity (Wildman–Crippen MR) is 91.8 cm³/mol. The van der Waals surface area contributed by atoms with Gasteiger partial charge in [0, 0.05) is 12.3 Å². The van der Waals surface area contributed by atoms with Crippen LogP contribution in [0.15, 0.2) is 17.1 Å². The number of ether oxygens (including phenoxy) is 1. The SMILES string of the molecule is O=c1ccn([C@@H]2O[C@H](OP(=O)(O)OP(=O)(O)OP(=O)(O)O)[C@H](O)C2(O)C(F)(F)F)c(=S)[nH]1. The lowest BCUT2D eigenvalue weighted by atomic mass is 9.96. The number of halogens is 3. The van der Waals surface area contributed by atoms with Crippen molar-refractivity contribution in [1.29, 1.82) is 0 Å². The average Bonchev–Trinajstić information content (AvgIpc) is 2.76. The summed E-state index contributed by atoms with van der Waals surface area (Å²) >= 11 is 4.65. The van der Waals surface area contributed by atoms with Crippen LogP contribution in [0.1, 0.15) is 6.23 Å². The van der Waals surface area contributed by atoms with Gasteiger partial charge in [-0.3, -0.25) is 18.9 Å². The predicted octanol–water partition coefficient (Wildman–Crippen LogP) is -0.242. The molecule has 0 aromatic carbocycles. The van der Waals surface area contributed by atoms with Crippen LogP contribution in [0.5, 0.6) is 0 Å². The van der Waals surface area contributed by atoms with Gasteiger partial charge in [0.05, 0.1) is 0 Å². The molecule has 1 aliphatic heterocycles. The first-order valence-electron chi connectivity index (χ1n) is 7.45. The van der Waals surface area contributed by atoms with E-state index in [9.17, 15) is 46.8 Å². The second-order valence-electron chi connectivity index (χ2n) is 5.84. The van der Waals surface area contributed by atoms with E-state index in [0.717, 1.165) is 0 Å². The number of hydrogen-bond donors (Lipinski definition) is 7. The zero-order valence-electron chi connectivity index (χ0n) is 14.7. The van der Waals surface area contributed by atoms with Crippen molar-refractivity contribution < 1.29 is 74.5 Å². The summed E-state index contributed by atoms with van der Waals surface area (Å²) < 4.78 is 89.5. The molecular formula is C9H12F3N2O14P3S. The third-order valence-electron chi connectivity index (χ3n) is 3.56. The van der Waals surface area contributed by atoms with Crippen LogP contribution in [-0.4, -0.2) is 63.5 Å². The quantitative estimate of drug-likeness (QED) is 0.170. The zero-order chi connectivity index (χ0) is 24.9. The van der Waals surface area contributed by atoms with Gasteiger partial charge in [0.25, 0.3) is 5.56 Å². The Hall–Kier alpha value is -0.820. The summed E-state index contributed by atoms with van der Waals surface area (Å²) in [6.45, 7) is 0. The highest BCUT2D eigenvalue weighted by Crippen LogP contribution is 2.67. The molecule has 0 saturated carbocycles. The van der Waals surface area contributed by atoms with Gasteiger partial charge in [-0.2, -0.15) is 21.8 Å². The first kappa shape index (κ1) is 27.4. The van der Waals surface area contributed by atoms with E-state index in [4.69, 9.17) is 14.7 Å². The number of aromatic amines is 1. The molecule has 0 aliphatic carbocycles. The minimum atomic E-state index is -6.07. The summed E-state index contributed by atoms with van der Waals surface area (Å²) in [5.74, 6) is 0. The minimum Gasteiger partial charge on any atom is -0.384 e. The lowest BCUT2D eigenvalue weighted by Crippen LogP contribution is -2.57. The van der Waals surface area contributed by atoms with Gasteiger partial charge >= 0.3 is 29.6 Å². The number of hydrogen-bond acceptors (Lipinski definition) is 11. The Morgan fingerprint density at radius 1 is 1.16 bits per heavy atom. The molecule has 1 aromatic heterocycles. The van der Waals surface area contributed by atoms with Gasteiger partial charge in [0.2, 0.25) is 11.9 Å². The van der Waals surface area contributed by atoms with Crippen LogP contribution < -0.4 is 5.56 Å². The summed E-state index contributed by atoms with van der Waals surface area (Å²) in [6.07, 6.45) is -14.0. The average molecular weight is 554 g/mol. The first-order chi connectivity index (χ1) is 14.2. The second kappa shape index (κ2) is 8.75. The fraction of sp³-hybridized carbons (Fsp3) is 0.556. The molecule has 7 N–H and O–H groups in total. The van der Waals surface area contributed by atoms with E-state index < -0.39 is 64.2 Å². The van der Waals surface area contributed by atoms with E-state index in [2.05, 4.69) is 30.1 Å². The molecule has 0 spiro atoms. The summed E-state index contributed by atoms with van der Waals surface area (Å²) in [5, 5.41) is 20.1. The fourth-order valence-corrected chi connectivity index (χ4v) is 5.71. The largest absolute Gasteiger partial charge is 0.490 e. The van der Waals surface area contributed by atoms with Crippen molar-refractivity contribution in [2.75, 3.05) is 0 Å². The Bertz CT molecular complexity index is 1130. The van der Waals surface area contributed by atoms with Gasteiger partial charge in [0.1, 0.15) is 6.10 Å². The van der Waals surface area contributed by atoms with Crippen molar-refractivity contribution in [3.63, 3.8) is 0 Å². The molecule has 23 heteroatoms. The van der Waals surface area contributed by atoms with Gasteiger partial charge in [-0.1, -0.05) is 0 Å². The number of aromatic nitrogens is 2. The maximum Gasteiger partial charge on any atom is 0.490 e. The van der Waals surface area contributed by atoms with E-state index >= 15 is 0 Å². The molecule has 184 valence electrons. The molecule has 1 aromatic rings. The number of phosphoric ester groups is 1. The molecule has 1 saturated heterocycles. The Labute approximate surface area is 178 Å². The number of rotatable bonds is 7. The number of nitrogens with one attached hydrogen (secondary N) is 1. The summed E-state index contributed by atoms with van der Waals surface area (Å²) in [6, 6.07) is 0.651. The first-order valence-corrected chi connectivity index (χ1v) is 12.4. The van der Waals surface area contributed by atoms with E-state index in [1.54, 1.807) is 0 Å². The van der Waals surface area contributed by atoms with Gasteiger partial charge in [-0.25, -0.2) is 13.7 Å². The zero-order valence-corrected chi connectivity index (χ0v) is 18.2. The molecule has 1 aliphatic rings. The van der Waals surface area contributed by atoms with Crippen molar-refractivity contribution >= 4 is 35.7 Å². The van der Waals surface area contributed by atoms with Crippen LogP contribution in [0, 0.1) is 4.77 Å². The highest BCUT2D eigenvalue weighted by Gasteiger charge is 2.72. The second-order valence-corrected chi connectivity index (χ2v) is 10.6. The third-order valence-corrected chi connectivity index (χ3v) is 7.67. The van der Waals surface area contributed by atoms with Crippen molar-refractivity contribution in [1.82, 2.24) is 9.55 Å². The molecule has 0 radical (unpaired) electrons. The number of H-pyrrole nitrogens is 1. The van der Waals surface area contributed by atoms with Crippen molar-refractivity contribution in [2.24, 2.45) is 0 Å². The van der Waals surface area contributed by atoms with Crippen molar-refractivity contribution in [2.45, 2.75) is 30.4 Å². The van der Waals surface area contributed by atoms with Crippen LogP contribution in [0.3, 0.4) is 0 Å². The highest BCUT2D eigenvalue weighted by atomic mass is 32.1. The van der Waals surface area contributed by atoms with Gasteiger partial charge in [-0.15, -0.1) is 0 Å². The monoisotopic (exact) mass is 554 g/mol. The fourth-order valence-electron chi connectivity index (χ4n) is 2.37. The topological polar surface area (TPSA) is 247 Å². The number of aliphatic hydroxyl groups is 2. The molecule has 1 fully saturated rings. The number of aliphatic hydroxyl groups excluding tert-OH is 1. The number of alkyl halides is 3. The molecule has 16 nitrogen and oxygen atoms in total. The van der Waals surface area contributed by atoms with Crippen LogP contribution in [0.4, 0.5) is 13.2 Å². The Morgan fingerprint density at radius 2 is 1.72 bits per heavy atom. The maximum absolute atomic E-state index is 13.6. The molecule has 2 heterocycles. The Balaban J connectivity index is 2.41. The number of nitrogens with zero attached hydrogens (tertiary/aromatic N) is 1. The molecular weight excluding hydrogens is 542 g/mol. The maximum atomic E-state index is 13.6. The molecule has 2 rings (SSSR count). The highest BCUT2D eigenvalue weighted by molar-refractivity contribution is 7.71. The number of phosphoric acid groups is 3. The summed E-state index contributed by atoms with van der Waals surface area (Å²) in [5.41, 5.74) is -5.16. The molecule has 6 atom stereocenters. The molecule has 3 unspecified atom stereocenters. The molecule has 0 bridgehead atoms. The third kappa shape index (κ3) is 5.99. The van der Waals surface area contributed by atoms with E-state index in [0.29, 0.717) is 16.8 Å². The van der Waals surface area contributed by atoms with Crippen LogP contribution in [0.25, 0.3) is 0 Å². The minimum absolute atomic E-state index is 0.299. The van der Waals surface area contributed by atoms with Crippen LogP contribution in [0.2, 0.25) is 0 Å². The van der Waals surface area contributed by atoms with Crippen LogP contribution >= 0.6 is 35.7 Å². The summed E-state index contributed by atoms with van der Waals surface area (Å²) in [4.78, 5) is 48.5. The van der Waals surface area contributed by atoms with E-state index in [1.807, 2.05) is 4.98 Å².